The third-order valence-electron chi connectivity index (χ3n) is 4.68. The van der Waals surface area contributed by atoms with Gasteiger partial charge in [0.1, 0.15) is 0 Å². The molecule has 1 aliphatic heterocycles. The lowest BCUT2D eigenvalue weighted by atomic mass is 9.93. The Labute approximate surface area is 176 Å². The Hall–Kier alpha value is -2.12. The minimum Gasteiger partial charge on any atom is -0.463 e. The van der Waals surface area contributed by atoms with Gasteiger partial charge in [-0.25, -0.2) is 4.79 Å². The summed E-state index contributed by atoms with van der Waals surface area (Å²) in [5, 5.41) is 6.58. The van der Waals surface area contributed by atoms with Crippen LogP contribution in [0.15, 0.2) is 35.5 Å². The fourth-order valence-corrected chi connectivity index (χ4v) is 3.09. The van der Waals surface area contributed by atoms with E-state index in [0.29, 0.717) is 16.4 Å². The van der Waals surface area contributed by atoms with Crippen molar-refractivity contribution in [1.82, 2.24) is 10.2 Å². The van der Waals surface area contributed by atoms with Gasteiger partial charge in [-0.15, -0.1) is 11.6 Å². The zero-order valence-electron chi connectivity index (χ0n) is 16.8. The minimum absolute atomic E-state index is 0.177. The molecule has 152 valence electrons. The molecule has 0 saturated carbocycles. The molecule has 0 unspecified atom stereocenters. The number of nitrogens with one attached hydrogen (secondary N) is 2. The molecule has 2 rings (SSSR count). The molecule has 0 spiro atoms. The van der Waals surface area contributed by atoms with Crippen molar-refractivity contribution in [3.8, 4) is 0 Å². The van der Waals surface area contributed by atoms with E-state index in [0.717, 1.165) is 11.3 Å². The van der Waals surface area contributed by atoms with E-state index in [1.54, 1.807) is 38.8 Å². The molecule has 6 nitrogen and oxygen atoms in total. The van der Waals surface area contributed by atoms with Crippen molar-refractivity contribution < 1.29 is 14.3 Å². The number of carbonyl (C=O) groups is 2. The molecule has 0 bridgehead atoms. The fourth-order valence-electron chi connectivity index (χ4n) is 2.72. The molecule has 1 aromatic rings. The van der Waals surface area contributed by atoms with Crippen LogP contribution in [-0.2, 0) is 14.3 Å². The first kappa shape index (κ1) is 22.2. The molecule has 0 aliphatic carbocycles. The number of benzene rings is 1. The number of anilines is 1. The first-order chi connectivity index (χ1) is 13.1. The van der Waals surface area contributed by atoms with Gasteiger partial charge >= 0.3 is 5.97 Å². The van der Waals surface area contributed by atoms with E-state index < -0.39 is 17.4 Å². The SMILES string of the molecule is CCOC(=O)C1=C(C)N(C)C(=S)N[C@@H]1c1cccc(NC(=O)C(C)(C)CCl)c1. The zero-order chi connectivity index (χ0) is 21.1. The van der Waals surface area contributed by atoms with E-state index in [1.165, 1.54) is 0 Å². The van der Waals surface area contributed by atoms with Crippen LogP contribution in [0.1, 0.15) is 39.3 Å². The Bertz CT molecular complexity index is 823. The highest BCUT2D eigenvalue weighted by Gasteiger charge is 2.33. The molecular formula is C20H26ClN3O3S. The van der Waals surface area contributed by atoms with Crippen LogP contribution in [0.3, 0.4) is 0 Å². The van der Waals surface area contributed by atoms with Crippen molar-refractivity contribution in [1.29, 1.82) is 0 Å². The maximum absolute atomic E-state index is 12.6. The van der Waals surface area contributed by atoms with Crippen molar-refractivity contribution in [3.63, 3.8) is 0 Å². The molecule has 28 heavy (non-hydrogen) atoms. The molecule has 1 heterocycles. The van der Waals surface area contributed by atoms with E-state index in [2.05, 4.69) is 10.6 Å². The summed E-state index contributed by atoms with van der Waals surface area (Å²) >= 11 is 11.3. The summed E-state index contributed by atoms with van der Waals surface area (Å²) in [6.07, 6.45) is 0. The molecule has 0 fully saturated rings. The minimum atomic E-state index is -0.697. The van der Waals surface area contributed by atoms with Gasteiger partial charge in [0.15, 0.2) is 5.11 Å². The van der Waals surface area contributed by atoms with Crippen molar-refractivity contribution in [2.45, 2.75) is 33.7 Å². The molecule has 0 saturated heterocycles. The Kier molecular flexibility index (Phi) is 7.06. The number of hydrogen-bond donors (Lipinski definition) is 2. The monoisotopic (exact) mass is 423 g/mol. The first-order valence-corrected chi connectivity index (χ1v) is 9.96. The third kappa shape index (κ3) is 4.64. The van der Waals surface area contributed by atoms with Gasteiger partial charge in [-0.1, -0.05) is 12.1 Å². The van der Waals surface area contributed by atoms with E-state index in [-0.39, 0.29) is 18.4 Å². The van der Waals surface area contributed by atoms with Crippen molar-refractivity contribution in [2.24, 2.45) is 5.41 Å². The maximum atomic E-state index is 12.6. The fraction of sp³-hybridized carbons (Fsp3) is 0.450. The Morgan fingerprint density at radius 2 is 2.07 bits per heavy atom. The second-order valence-corrected chi connectivity index (χ2v) is 7.91. The lowest BCUT2D eigenvalue weighted by Gasteiger charge is -2.35. The number of esters is 1. The Balaban J connectivity index is 2.41. The predicted molar refractivity (Wildman–Crippen MR) is 115 cm³/mol. The number of thiocarbonyl (C=S) groups is 1. The van der Waals surface area contributed by atoms with Gasteiger partial charge in [-0.3, -0.25) is 4.79 Å². The summed E-state index contributed by atoms with van der Waals surface area (Å²) in [6.45, 7) is 7.44. The molecule has 1 atom stereocenters. The van der Waals surface area contributed by atoms with Gasteiger partial charge in [0.2, 0.25) is 5.91 Å². The molecule has 0 aromatic heterocycles. The average molecular weight is 424 g/mol. The number of ether oxygens (including phenoxy) is 1. The molecule has 1 aliphatic rings. The topological polar surface area (TPSA) is 70.7 Å². The van der Waals surface area contributed by atoms with E-state index in [4.69, 9.17) is 28.6 Å². The first-order valence-electron chi connectivity index (χ1n) is 9.01. The molecular weight excluding hydrogens is 398 g/mol. The number of carbonyl (C=O) groups excluding carboxylic acids is 2. The number of amides is 1. The van der Waals surface area contributed by atoms with Gasteiger partial charge in [0, 0.05) is 24.3 Å². The van der Waals surface area contributed by atoms with Crippen molar-refractivity contribution >= 4 is 46.5 Å². The predicted octanol–water partition coefficient (Wildman–Crippen LogP) is 3.59. The summed E-state index contributed by atoms with van der Waals surface area (Å²) in [6, 6.07) is 6.83. The van der Waals surface area contributed by atoms with Gasteiger partial charge in [0.05, 0.1) is 23.6 Å². The highest BCUT2D eigenvalue weighted by Crippen LogP contribution is 2.32. The number of alkyl halides is 1. The Morgan fingerprint density at radius 3 is 2.68 bits per heavy atom. The lowest BCUT2D eigenvalue weighted by molar-refractivity contribution is -0.139. The van der Waals surface area contributed by atoms with Gasteiger partial charge < -0.3 is 20.3 Å². The molecule has 8 heteroatoms. The number of hydrogen-bond acceptors (Lipinski definition) is 4. The van der Waals surface area contributed by atoms with Crippen LogP contribution in [0.25, 0.3) is 0 Å². The highest BCUT2D eigenvalue weighted by molar-refractivity contribution is 7.80. The second-order valence-electron chi connectivity index (χ2n) is 7.26. The number of nitrogens with zero attached hydrogens (tertiary/aromatic N) is 1. The average Bonchev–Trinajstić information content (AvgIpc) is 2.66. The van der Waals surface area contributed by atoms with Crippen LogP contribution in [-0.4, -0.2) is 41.4 Å². The summed E-state index contributed by atoms with van der Waals surface area (Å²) in [4.78, 5) is 26.8. The van der Waals surface area contributed by atoms with E-state index in [9.17, 15) is 9.59 Å². The normalized spacial score (nSPS) is 17.3. The van der Waals surface area contributed by atoms with Gasteiger partial charge in [-0.05, 0) is 57.6 Å². The van der Waals surface area contributed by atoms with Crippen LogP contribution in [0, 0.1) is 5.41 Å². The van der Waals surface area contributed by atoms with E-state index in [1.807, 2.05) is 25.1 Å². The third-order valence-corrected chi connectivity index (χ3v) is 5.74. The van der Waals surface area contributed by atoms with Crippen LogP contribution in [0.4, 0.5) is 5.69 Å². The highest BCUT2D eigenvalue weighted by atomic mass is 35.5. The maximum Gasteiger partial charge on any atom is 0.338 e. The van der Waals surface area contributed by atoms with Crippen molar-refractivity contribution in [2.75, 3.05) is 24.9 Å². The molecule has 1 amide bonds. The number of rotatable bonds is 6. The second kappa shape index (κ2) is 8.92. The number of halogens is 1. The summed E-state index contributed by atoms with van der Waals surface area (Å²) < 4.78 is 5.25. The zero-order valence-corrected chi connectivity index (χ0v) is 18.3. The lowest BCUT2D eigenvalue weighted by Crippen LogP contribution is -2.46. The molecule has 2 N–H and O–H groups in total. The summed E-state index contributed by atoms with van der Waals surface area (Å²) in [5.41, 5.74) is 1.93. The summed E-state index contributed by atoms with van der Waals surface area (Å²) in [7, 11) is 1.80. The van der Waals surface area contributed by atoms with Crippen LogP contribution < -0.4 is 10.6 Å². The van der Waals surface area contributed by atoms with Crippen LogP contribution in [0.2, 0.25) is 0 Å². The van der Waals surface area contributed by atoms with E-state index >= 15 is 0 Å². The smallest absolute Gasteiger partial charge is 0.338 e. The van der Waals surface area contributed by atoms with Crippen LogP contribution in [0.5, 0.6) is 0 Å². The quantitative estimate of drug-likeness (QED) is 0.414. The molecule has 0 radical (unpaired) electrons. The standard InChI is InChI=1S/C20H26ClN3O3S/c1-6-27-17(25)15-12(2)24(5)19(28)23-16(15)13-8-7-9-14(10-13)22-18(26)20(3,4)11-21/h7-10,16H,6,11H2,1-5H3,(H,22,26)(H,23,28)/t16-/m1/s1. The van der Waals surface area contributed by atoms with Crippen LogP contribution >= 0.6 is 23.8 Å². The molecule has 1 aromatic carbocycles. The van der Waals surface area contributed by atoms with Crippen molar-refractivity contribution in [3.05, 3.63) is 41.1 Å². The van der Waals surface area contributed by atoms with Gasteiger partial charge in [0.25, 0.3) is 0 Å². The number of allylic oxidation sites excluding steroid dienone is 1. The Morgan fingerprint density at radius 1 is 1.39 bits per heavy atom. The van der Waals surface area contributed by atoms with Gasteiger partial charge in [-0.2, -0.15) is 0 Å². The summed E-state index contributed by atoms with van der Waals surface area (Å²) in [5.74, 6) is -0.369. The largest absolute Gasteiger partial charge is 0.463 e.